The summed E-state index contributed by atoms with van der Waals surface area (Å²) in [5.74, 6) is 2.13. The van der Waals surface area contributed by atoms with Gasteiger partial charge in [-0.2, -0.15) is 0 Å². The predicted octanol–water partition coefficient (Wildman–Crippen LogP) is 3.37. The van der Waals surface area contributed by atoms with Crippen molar-refractivity contribution in [1.29, 1.82) is 0 Å². The van der Waals surface area contributed by atoms with Crippen LogP contribution in [-0.2, 0) is 0 Å². The van der Waals surface area contributed by atoms with Gasteiger partial charge in [0.05, 0.1) is 0 Å². The first kappa shape index (κ1) is 13.9. The third kappa shape index (κ3) is 3.16. The second kappa shape index (κ2) is 6.13. The summed E-state index contributed by atoms with van der Waals surface area (Å²) in [4.78, 5) is 5.52. The average molecular weight is 264 g/mol. The van der Waals surface area contributed by atoms with Crippen molar-refractivity contribution in [1.82, 2.24) is 9.80 Å². The Morgan fingerprint density at radius 3 is 2.16 bits per heavy atom. The Kier molecular flexibility index (Phi) is 4.48. The van der Waals surface area contributed by atoms with E-state index >= 15 is 0 Å². The van der Waals surface area contributed by atoms with E-state index < -0.39 is 0 Å². The minimum absolute atomic E-state index is 0.741. The molecule has 3 aliphatic rings. The lowest BCUT2D eigenvalue weighted by molar-refractivity contribution is 0.0263. The summed E-state index contributed by atoms with van der Waals surface area (Å²) < 4.78 is 0. The number of likely N-dealkylation sites (tertiary alicyclic amines) is 2. The number of piperidine rings is 2. The fraction of sp³-hybridized carbons (Fsp3) is 1.00. The molecule has 0 spiro atoms. The molecule has 2 atom stereocenters. The van der Waals surface area contributed by atoms with E-state index in [2.05, 4.69) is 23.6 Å². The van der Waals surface area contributed by atoms with Crippen LogP contribution in [0.1, 0.15) is 58.8 Å². The van der Waals surface area contributed by atoms with Crippen LogP contribution in [0.15, 0.2) is 0 Å². The highest BCUT2D eigenvalue weighted by molar-refractivity contribution is 4.88. The van der Waals surface area contributed by atoms with Crippen molar-refractivity contribution < 1.29 is 0 Å². The minimum atomic E-state index is 0.741. The molecule has 2 aliphatic heterocycles. The zero-order valence-electron chi connectivity index (χ0n) is 13.0. The standard InChI is InChI=1S/C17H32N2/c1-14(2)18-11-8-17(9-12-18)19-10-7-15-5-3-4-6-16(15)13-19/h14-17H,3-13H2,1-2H3. The van der Waals surface area contributed by atoms with Gasteiger partial charge < -0.3 is 4.90 Å². The van der Waals surface area contributed by atoms with Gasteiger partial charge in [0.15, 0.2) is 0 Å². The summed E-state index contributed by atoms with van der Waals surface area (Å²) in [6.45, 7) is 10.2. The van der Waals surface area contributed by atoms with Gasteiger partial charge in [0, 0.05) is 18.6 Å². The molecular formula is C17H32N2. The van der Waals surface area contributed by atoms with E-state index in [0.717, 1.165) is 23.9 Å². The largest absolute Gasteiger partial charge is 0.301 e. The van der Waals surface area contributed by atoms with Crippen molar-refractivity contribution >= 4 is 0 Å². The molecule has 0 amide bonds. The van der Waals surface area contributed by atoms with Crippen molar-refractivity contribution in [2.75, 3.05) is 26.2 Å². The summed E-state index contributed by atoms with van der Waals surface area (Å²) >= 11 is 0. The van der Waals surface area contributed by atoms with Gasteiger partial charge in [-0.15, -0.1) is 0 Å². The van der Waals surface area contributed by atoms with Crippen molar-refractivity contribution in [3.63, 3.8) is 0 Å². The molecule has 2 heterocycles. The van der Waals surface area contributed by atoms with Crippen molar-refractivity contribution in [2.45, 2.75) is 70.9 Å². The highest BCUT2D eigenvalue weighted by Crippen LogP contribution is 2.37. The van der Waals surface area contributed by atoms with Crippen LogP contribution in [0.25, 0.3) is 0 Å². The molecule has 19 heavy (non-hydrogen) atoms. The van der Waals surface area contributed by atoms with Crippen molar-refractivity contribution in [2.24, 2.45) is 11.8 Å². The molecule has 0 aromatic carbocycles. The summed E-state index contributed by atoms with van der Waals surface area (Å²) in [6, 6.07) is 1.64. The zero-order valence-corrected chi connectivity index (χ0v) is 13.0. The Hall–Kier alpha value is -0.0800. The van der Waals surface area contributed by atoms with Crippen LogP contribution in [0.3, 0.4) is 0 Å². The van der Waals surface area contributed by atoms with E-state index in [9.17, 15) is 0 Å². The van der Waals surface area contributed by atoms with Crippen LogP contribution in [0, 0.1) is 11.8 Å². The van der Waals surface area contributed by atoms with Gasteiger partial charge >= 0.3 is 0 Å². The number of fused-ring (bicyclic) bond motifs is 1. The van der Waals surface area contributed by atoms with Crippen LogP contribution in [0.4, 0.5) is 0 Å². The average Bonchev–Trinajstić information content (AvgIpc) is 2.47. The van der Waals surface area contributed by atoms with Gasteiger partial charge in [0.1, 0.15) is 0 Å². The summed E-state index contributed by atoms with van der Waals surface area (Å²) in [6.07, 6.45) is 10.4. The van der Waals surface area contributed by atoms with Gasteiger partial charge in [-0.3, -0.25) is 4.90 Å². The number of hydrogen-bond acceptors (Lipinski definition) is 2. The fourth-order valence-electron chi connectivity index (χ4n) is 4.73. The molecular weight excluding hydrogens is 232 g/mol. The van der Waals surface area contributed by atoms with Gasteiger partial charge in [-0.1, -0.05) is 19.3 Å². The molecule has 2 nitrogen and oxygen atoms in total. The summed E-state index contributed by atoms with van der Waals surface area (Å²) in [5.41, 5.74) is 0. The lowest BCUT2D eigenvalue weighted by atomic mass is 9.74. The smallest absolute Gasteiger partial charge is 0.0120 e. The Morgan fingerprint density at radius 1 is 0.789 bits per heavy atom. The maximum atomic E-state index is 2.87. The maximum Gasteiger partial charge on any atom is 0.0120 e. The third-order valence-electron chi connectivity index (χ3n) is 6.07. The second-order valence-corrected chi connectivity index (χ2v) is 7.45. The Balaban J connectivity index is 1.50. The van der Waals surface area contributed by atoms with Crippen LogP contribution in [0.2, 0.25) is 0 Å². The van der Waals surface area contributed by atoms with Crippen molar-refractivity contribution in [3.8, 4) is 0 Å². The molecule has 2 unspecified atom stereocenters. The lowest BCUT2D eigenvalue weighted by Crippen LogP contribution is -2.51. The van der Waals surface area contributed by atoms with E-state index in [1.165, 1.54) is 71.1 Å². The predicted molar refractivity (Wildman–Crippen MR) is 81.4 cm³/mol. The van der Waals surface area contributed by atoms with E-state index in [0.29, 0.717) is 0 Å². The molecule has 0 radical (unpaired) electrons. The maximum absolute atomic E-state index is 2.87. The van der Waals surface area contributed by atoms with Gasteiger partial charge in [-0.25, -0.2) is 0 Å². The van der Waals surface area contributed by atoms with E-state index in [-0.39, 0.29) is 0 Å². The van der Waals surface area contributed by atoms with Crippen molar-refractivity contribution in [3.05, 3.63) is 0 Å². The second-order valence-electron chi connectivity index (χ2n) is 7.45. The quantitative estimate of drug-likeness (QED) is 0.754. The minimum Gasteiger partial charge on any atom is -0.301 e. The topological polar surface area (TPSA) is 6.48 Å². The number of hydrogen-bond donors (Lipinski definition) is 0. The van der Waals surface area contributed by atoms with Gasteiger partial charge in [0.25, 0.3) is 0 Å². The third-order valence-corrected chi connectivity index (χ3v) is 6.07. The molecule has 110 valence electrons. The monoisotopic (exact) mass is 264 g/mol. The Bertz CT molecular complexity index is 281. The molecule has 1 aliphatic carbocycles. The normalized spacial score (nSPS) is 35.5. The number of rotatable bonds is 2. The molecule has 3 fully saturated rings. The highest BCUT2D eigenvalue weighted by atomic mass is 15.2. The molecule has 0 bridgehead atoms. The summed E-state index contributed by atoms with van der Waals surface area (Å²) in [5, 5.41) is 0. The van der Waals surface area contributed by atoms with E-state index in [1.807, 2.05) is 0 Å². The molecule has 0 aromatic heterocycles. The first-order chi connectivity index (χ1) is 9.24. The van der Waals surface area contributed by atoms with Crippen LogP contribution in [0.5, 0.6) is 0 Å². The first-order valence-corrected chi connectivity index (χ1v) is 8.72. The molecule has 1 saturated carbocycles. The Labute approximate surface area is 119 Å². The SMILES string of the molecule is CC(C)N1CCC(N2CCC3CCCCC3C2)CC1. The Morgan fingerprint density at radius 2 is 1.47 bits per heavy atom. The van der Waals surface area contributed by atoms with Crippen LogP contribution in [-0.4, -0.2) is 48.1 Å². The van der Waals surface area contributed by atoms with Crippen LogP contribution < -0.4 is 0 Å². The van der Waals surface area contributed by atoms with Gasteiger partial charge in [-0.05, 0) is 71.0 Å². The molecule has 3 rings (SSSR count). The lowest BCUT2D eigenvalue weighted by Gasteiger charge is -2.47. The molecule has 2 saturated heterocycles. The molecule has 0 N–H and O–H groups in total. The van der Waals surface area contributed by atoms with Gasteiger partial charge in [0.2, 0.25) is 0 Å². The molecule has 0 aromatic rings. The first-order valence-electron chi connectivity index (χ1n) is 8.72. The highest BCUT2D eigenvalue weighted by Gasteiger charge is 2.34. The zero-order chi connectivity index (χ0) is 13.2. The number of nitrogens with zero attached hydrogens (tertiary/aromatic N) is 2. The molecule has 2 heteroatoms. The summed E-state index contributed by atoms with van der Waals surface area (Å²) in [7, 11) is 0. The van der Waals surface area contributed by atoms with E-state index in [4.69, 9.17) is 0 Å². The van der Waals surface area contributed by atoms with E-state index in [1.54, 1.807) is 0 Å². The van der Waals surface area contributed by atoms with Crippen LogP contribution >= 0.6 is 0 Å². The fourth-order valence-corrected chi connectivity index (χ4v) is 4.73.